The Bertz CT molecular complexity index is 409. The first-order valence-corrected chi connectivity index (χ1v) is 11.3. The smallest absolute Gasteiger partial charge is 0.219 e. The van der Waals surface area contributed by atoms with Gasteiger partial charge in [0.2, 0.25) is 17.7 Å². The van der Waals surface area contributed by atoms with Crippen LogP contribution in [0.2, 0.25) is 0 Å². The Morgan fingerprint density at radius 1 is 0.387 bits per heavy atom. The largest absolute Gasteiger partial charge is 0.338 e. The van der Waals surface area contributed by atoms with E-state index in [0.717, 1.165) is 0 Å². The van der Waals surface area contributed by atoms with Gasteiger partial charge < -0.3 is 14.7 Å². The molecule has 0 rings (SSSR count). The Hall–Kier alpha value is -0.395. The average Bonchev–Trinajstić information content (AvgIpc) is 2.43. The van der Waals surface area contributed by atoms with Crippen molar-refractivity contribution < 1.29 is 50.0 Å². The standard InChI is InChI=1S/3C8H17NO.La/c3*1-6(2)9(7(3)4)8(5)10;/h3*6-7H,1-5H3;. The third-order valence-corrected chi connectivity index (χ3v) is 4.43. The summed E-state index contributed by atoms with van der Waals surface area (Å²) in [5.41, 5.74) is 0. The molecule has 0 aromatic rings. The molecule has 0 unspecified atom stereocenters. The Balaban J connectivity index is -0.000000174. The van der Waals surface area contributed by atoms with Gasteiger partial charge in [0.25, 0.3) is 0 Å². The van der Waals surface area contributed by atoms with E-state index in [0.29, 0.717) is 36.3 Å². The molecule has 1 radical (unpaired) electrons. The second-order valence-electron chi connectivity index (χ2n) is 9.34. The van der Waals surface area contributed by atoms with Crippen LogP contribution in [0.4, 0.5) is 0 Å². The first-order valence-electron chi connectivity index (χ1n) is 11.3. The normalized spacial score (nSPS) is 10.4. The van der Waals surface area contributed by atoms with Crippen molar-refractivity contribution in [3.8, 4) is 0 Å². The number of carbonyl (C=O) groups is 3. The molecule has 0 spiro atoms. The summed E-state index contributed by atoms with van der Waals surface area (Å²) < 4.78 is 0. The molecule has 0 bridgehead atoms. The maximum absolute atomic E-state index is 11.0. The fraction of sp³-hybridized carbons (Fsp3) is 0.875. The number of hydrogen-bond donors (Lipinski definition) is 0. The number of carbonyl (C=O) groups excluding carboxylic acids is 3. The molecule has 6 nitrogen and oxygen atoms in total. The maximum Gasteiger partial charge on any atom is 0.219 e. The molecule has 31 heavy (non-hydrogen) atoms. The summed E-state index contributed by atoms with van der Waals surface area (Å²) in [6.45, 7) is 29.2. The number of hydrogen-bond acceptors (Lipinski definition) is 3. The fourth-order valence-electron chi connectivity index (χ4n) is 3.97. The topological polar surface area (TPSA) is 60.9 Å². The van der Waals surface area contributed by atoms with Crippen LogP contribution in [0.1, 0.15) is 104 Å². The summed E-state index contributed by atoms with van der Waals surface area (Å²) >= 11 is 0. The summed E-state index contributed by atoms with van der Waals surface area (Å²) in [5, 5.41) is 0. The Kier molecular flexibility index (Phi) is 23.4. The van der Waals surface area contributed by atoms with Crippen LogP contribution in [0.25, 0.3) is 0 Å². The van der Waals surface area contributed by atoms with Gasteiger partial charge in [0, 0.05) is 92.6 Å². The van der Waals surface area contributed by atoms with Crippen molar-refractivity contribution in [3.05, 3.63) is 0 Å². The van der Waals surface area contributed by atoms with Crippen molar-refractivity contribution in [1.29, 1.82) is 0 Å². The van der Waals surface area contributed by atoms with Crippen LogP contribution in [0, 0.1) is 35.6 Å². The molecule has 0 N–H and O–H groups in total. The van der Waals surface area contributed by atoms with E-state index in [1.807, 2.05) is 97.8 Å². The van der Waals surface area contributed by atoms with E-state index in [-0.39, 0.29) is 53.3 Å². The van der Waals surface area contributed by atoms with Gasteiger partial charge in [-0.25, -0.2) is 0 Å². The second kappa shape index (κ2) is 19.1. The molecule has 0 heterocycles. The Labute approximate surface area is 221 Å². The van der Waals surface area contributed by atoms with Crippen molar-refractivity contribution in [2.24, 2.45) is 0 Å². The van der Waals surface area contributed by atoms with E-state index in [9.17, 15) is 14.4 Å². The zero-order valence-electron chi connectivity index (χ0n) is 23.1. The summed E-state index contributed by atoms with van der Waals surface area (Å²) in [7, 11) is 0. The average molecular weight is 569 g/mol. The molecular weight excluding hydrogens is 517 g/mol. The molecule has 0 saturated heterocycles. The molecular formula is C24H51LaN3O3. The van der Waals surface area contributed by atoms with Crippen molar-refractivity contribution in [2.45, 2.75) is 140 Å². The minimum atomic E-state index is 0. The van der Waals surface area contributed by atoms with E-state index >= 15 is 0 Å². The fourth-order valence-corrected chi connectivity index (χ4v) is 3.97. The third-order valence-electron chi connectivity index (χ3n) is 4.43. The molecule has 0 aliphatic heterocycles. The van der Waals surface area contributed by atoms with E-state index in [4.69, 9.17) is 0 Å². The zero-order chi connectivity index (χ0) is 24.9. The van der Waals surface area contributed by atoms with Crippen LogP contribution < -0.4 is 0 Å². The van der Waals surface area contributed by atoms with E-state index in [2.05, 4.69) is 0 Å². The molecule has 0 saturated carbocycles. The van der Waals surface area contributed by atoms with Crippen molar-refractivity contribution >= 4 is 17.7 Å². The predicted molar refractivity (Wildman–Crippen MR) is 128 cm³/mol. The van der Waals surface area contributed by atoms with E-state index in [1.54, 1.807) is 20.8 Å². The molecule has 0 aliphatic carbocycles. The van der Waals surface area contributed by atoms with Crippen LogP contribution in [0.5, 0.6) is 0 Å². The van der Waals surface area contributed by atoms with Gasteiger partial charge in [-0.15, -0.1) is 0 Å². The van der Waals surface area contributed by atoms with Crippen LogP contribution in [0.15, 0.2) is 0 Å². The van der Waals surface area contributed by atoms with E-state index in [1.165, 1.54) is 0 Å². The van der Waals surface area contributed by atoms with E-state index < -0.39 is 0 Å². The van der Waals surface area contributed by atoms with Crippen molar-refractivity contribution in [2.75, 3.05) is 0 Å². The predicted octanol–water partition coefficient (Wildman–Crippen LogP) is 4.96. The van der Waals surface area contributed by atoms with Gasteiger partial charge in [-0.1, -0.05) is 0 Å². The molecule has 3 amide bonds. The molecule has 0 aromatic carbocycles. The Morgan fingerprint density at radius 2 is 0.484 bits per heavy atom. The van der Waals surface area contributed by atoms with Gasteiger partial charge in [-0.3, -0.25) is 14.4 Å². The summed E-state index contributed by atoms with van der Waals surface area (Å²) in [6.07, 6.45) is 0. The van der Waals surface area contributed by atoms with Crippen LogP contribution in [0.3, 0.4) is 0 Å². The number of amides is 3. The SMILES string of the molecule is CC(=O)N(C(C)C)C(C)C.CC(=O)N(C(C)C)C(C)C.CC(=O)N(C(C)C)C(C)C.[La]. The molecule has 0 atom stereocenters. The van der Waals surface area contributed by atoms with Gasteiger partial charge in [-0.2, -0.15) is 0 Å². The minimum Gasteiger partial charge on any atom is -0.338 e. The van der Waals surface area contributed by atoms with Gasteiger partial charge in [0.15, 0.2) is 0 Å². The third kappa shape index (κ3) is 17.8. The van der Waals surface area contributed by atoms with Gasteiger partial charge >= 0.3 is 0 Å². The second-order valence-corrected chi connectivity index (χ2v) is 9.34. The monoisotopic (exact) mass is 568 g/mol. The number of rotatable bonds is 6. The van der Waals surface area contributed by atoms with Gasteiger partial charge in [0.05, 0.1) is 0 Å². The van der Waals surface area contributed by atoms with Crippen LogP contribution in [-0.4, -0.2) is 68.7 Å². The first kappa shape index (κ1) is 37.9. The molecule has 0 aromatic heterocycles. The number of nitrogens with zero attached hydrogens (tertiary/aromatic N) is 3. The van der Waals surface area contributed by atoms with Crippen LogP contribution in [-0.2, 0) is 14.4 Å². The van der Waals surface area contributed by atoms with Gasteiger partial charge in [0.1, 0.15) is 0 Å². The first-order chi connectivity index (χ1) is 13.4. The summed E-state index contributed by atoms with van der Waals surface area (Å²) in [4.78, 5) is 38.4. The maximum atomic E-state index is 11.0. The van der Waals surface area contributed by atoms with Gasteiger partial charge in [-0.05, 0) is 83.1 Å². The zero-order valence-corrected chi connectivity index (χ0v) is 26.7. The van der Waals surface area contributed by atoms with Crippen molar-refractivity contribution in [3.63, 3.8) is 0 Å². The summed E-state index contributed by atoms with van der Waals surface area (Å²) in [6, 6.07) is 1.90. The van der Waals surface area contributed by atoms with Crippen molar-refractivity contribution in [1.82, 2.24) is 14.7 Å². The molecule has 7 heteroatoms. The quantitative estimate of drug-likeness (QED) is 0.456. The Morgan fingerprint density at radius 3 is 0.484 bits per heavy atom. The molecule has 0 fully saturated rings. The minimum absolute atomic E-state index is 0. The summed E-state index contributed by atoms with van der Waals surface area (Å²) in [5.74, 6) is 0.472. The molecule has 0 aliphatic rings. The molecule has 183 valence electrons. The van der Waals surface area contributed by atoms with Crippen LogP contribution >= 0.6 is 0 Å².